The first-order valence-corrected chi connectivity index (χ1v) is 7.80. The van der Waals surface area contributed by atoms with Gasteiger partial charge in [0.25, 0.3) is 0 Å². The molecule has 0 aliphatic carbocycles. The predicted octanol–water partition coefficient (Wildman–Crippen LogP) is 3.92. The minimum absolute atomic E-state index is 0.215. The molecule has 0 saturated carbocycles. The third-order valence-corrected chi connectivity index (χ3v) is 2.99. The van der Waals surface area contributed by atoms with Gasteiger partial charge in [0.15, 0.2) is 0 Å². The van der Waals surface area contributed by atoms with Crippen molar-refractivity contribution in [2.75, 3.05) is 0 Å². The lowest BCUT2D eigenvalue weighted by Crippen LogP contribution is -2.27. The lowest BCUT2D eigenvalue weighted by Gasteiger charge is -2.24. The van der Waals surface area contributed by atoms with Gasteiger partial charge in [0.2, 0.25) is 0 Å². The van der Waals surface area contributed by atoms with Gasteiger partial charge in [-0.1, -0.05) is 17.1 Å². The van der Waals surface area contributed by atoms with E-state index >= 15 is 0 Å². The molecule has 0 radical (unpaired) electrons. The molecule has 0 fully saturated rings. The summed E-state index contributed by atoms with van der Waals surface area (Å²) < 4.78 is 0. The maximum Gasteiger partial charge on any atom is 0.107 e. The van der Waals surface area contributed by atoms with Gasteiger partial charge >= 0.3 is 0 Å². The van der Waals surface area contributed by atoms with E-state index in [-0.39, 0.29) is 11.2 Å². The molecule has 100 valence electrons. The van der Waals surface area contributed by atoms with Gasteiger partial charge < -0.3 is 0 Å². The number of rotatable bonds is 4. The predicted molar refractivity (Wildman–Crippen MR) is 79.4 cm³/mol. The summed E-state index contributed by atoms with van der Waals surface area (Å²) >= 11 is 0. The van der Waals surface area contributed by atoms with Crippen LogP contribution in [0.2, 0.25) is 0 Å². The highest BCUT2D eigenvalue weighted by Gasteiger charge is 2.18. The fourth-order valence-corrected chi connectivity index (χ4v) is 1.12. The van der Waals surface area contributed by atoms with Crippen LogP contribution in [0.5, 0.6) is 0 Å². The Kier molecular flexibility index (Phi) is 9.30. The molecule has 0 saturated heterocycles. The highest BCUT2D eigenvalue weighted by Crippen LogP contribution is 2.14. The summed E-state index contributed by atoms with van der Waals surface area (Å²) in [7, 11) is -0.880. The maximum atomic E-state index is 5.09. The van der Waals surface area contributed by atoms with Gasteiger partial charge in [-0.15, -0.1) is 19.7 Å². The summed E-state index contributed by atoms with van der Waals surface area (Å²) in [6.07, 6.45) is 0. The van der Waals surface area contributed by atoms with Gasteiger partial charge in [0.1, 0.15) is 8.80 Å². The first-order chi connectivity index (χ1) is 7.55. The van der Waals surface area contributed by atoms with Crippen LogP contribution in [0.3, 0.4) is 0 Å². The molecule has 0 aliphatic heterocycles. The lowest BCUT2D eigenvalue weighted by atomic mass is 10.2. The van der Waals surface area contributed by atoms with Gasteiger partial charge in [-0.3, -0.25) is 0 Å². The fraction of sp³-hybridized carbons (Fsp3) is 0.571. The SMILES string of the molecule is C=C[SiH](C=C)C=C.CC(C)(C)OOC(C)(C)C. The van der Waals surface area contributed by atoms with Gasteiger partial charge in [0, 0.05) is 0 Å². The van der Waals surface area contributed by atoms with Crippen molar-refractivity contribution in [3.8, 4) is 0 Å². The Balaban J connectivity index is 0. The van der Waals surface area contributed by atoms with E-state index in [4.69, 9.17) is 9.78 Å². The van der Waals surface area contributed by atoms with Gasteiger partial charge in [-0.2, -0.15) is 0 Å². The molecule has 2 nitrogen and oxygen atoms in total. The Morgan fingerprint density at radius 2 is 0.941 bits per heavy atom. The molecule has 17 heavy (non-hydrogen) atoms. The Morgan fingerprint density at radius 1 is 0.706 bits per heavy atom. The van der Waals surface area contributed by atoms with E-state index in [2.05, 4.69) is 19.7 Å². The van der Waals surface area contributed by atoms with Crippen molar-refractivity contribution in [3.05, 3.63) is 36.8 Å². The second-order valence-electron chi connectivity index (χ2n) is 5.68. The molecule has 0 aromatic rings. The maximum absolute atomic E-state index is 5.09. The van der Waals surface area contributed by atoms with E-state index in [0.717, 1.165) is 0 Å². The fourth-order valence-electron chi connectivity index (χ4n) is 0.539. The summed E-state index contributed by atoms with van der Waals surface area (Å²) in [6, 6.07) is 0. The summed E-state index contributed by atoms with van der Waals surface area (Å²) in [6.45, 7) is 22.6. The molecular formula is C14H28O2Si. The second-order valence-corrected chi connectivity index (χ2v) is 8.24. The normalized spacial score (nSPS) is 11.5. The van der Waals surface area contributed by atoms with E-state index in [1.165, 1.54) is 0 Å². The summed E-state index contributed by atoms with van der Waals surface area (Å²) in [4.78, 5) is 10.2. The molecule has 0 aromatic carbocycles. The smallest absolute Gasteiger partial charge is 0.107 e. The van der Waals surface area contributed by atoms with Crippen molar-refractivity contribution in [1.29, 1.82) is 0 Å². The summed E-state index contributed by atoms with van der Waals surface area (Å²) in [5.74, 6) is 0. The minimum Gasteiger partial charge on any atom is -0.230 e. The van der Waals surface area contributed by atoms with Gasteiger partial charge in [-0.25, -0.2) is 9.78 Å². The van der Waals surface area contributed by atoms with Crippen LogP contribution in [0.4, 0.5) is 0 Å². The standard InChI is InChI=1S/C8H18O2.C6H10Si/c1-7(2,3)9-10-8(4,5)6;1-4-7(5-2)6-3/h1-6H3;4-7H,1-3H2. The van der Waals surface area contributed by atoms with Crippen LogP contribution in [0.15, 0.2) is 36.8 Å². The number of hydrogen-bond donors (Lipinski definition) is 0. The average molecular weight is 256 g/mol. The average Bonchev–Trinajstić information content (AvgIpc) is 2.17. The van der Waals surface area contributed by atoms with E-state index in [1.54, 1.807) is 0 Å². The zero-order valence-electron chi connectivity index (χ0n) is 12.2. The van der Waals surface area contributed by atoms with Crippen LogP contribution in [-0.2, 0) is 9.78 Å². The lowest BCUT2D eigenvalue weighted by molar-refractivity contribution is -0.393. The van der Waals surface area contributed by atoms with Crippen LogP contribution >= 0.6 is 0 Å². The van der Waals surface area contributed by atoms with Crippen LogP contribution in [-0.4, -0.2) is 20.0 Å². The molecule has 0 amide bonds. The quantitative estimate of drug-likeness (QED) is 0.431. The molecular weight excluding hydrogens is 228 g/mol. The molecule has 0 spiro atoms. The van der Waals surface area contributed by atoms with Crippen molar-refractivity contribution >= 4 is 8.80 Å². The molecule has 0 heterocycles. The monoisotopic (exact) mass is 256 g/mol. The van der Waals surface area contributed by atoms with Crippen LogP contribution in [0, 0.1) is 0 Å². The van der Waals surface area contributed by atoms with Gasteiger partial charge in [-0.05, 0) is 41.5 Å². The third-order valence-electron chi connectivity index (χ3n) is 1.36. The molecule has 0 atom stereocenters. The van der Waals surface area contributed by atoms with E-state index in [0.29, 0.717) is 0 Å². The van der Waals surface area contributed by atoms with Crippen LogP contribution in [0.25, 0.3) is 0 Å². The minimum atomic E-state index is -0.880. The summed E-state index contributed by atoms with van der Waals surface area (Å²) in [5.41, 5.74) is 5.36. The van der Waals surface area contributed by atoms with Crippen LogP contribution in [0.1, 0.15) is 41.5 Å². The molecule has 0 aliphatic rings. The van der Waals surface area contributed by atoms with E-state index in [1.807, 2.05) is 58.6 Å². The molecule has 0 bridgehead atoms. The molecule has 0 aromatic heterocycles. The van der Waals surface area contributed by atoms with Gasteiger partial charge in [0.05, 0.1) is 11.2 Å². The highest BCUT2D eigenvalue weighted by molar-refractivity contribution is 6.73. The van der Waals surface area contributed by atoms with Crippen molar-refractivity contribution in [2.45, 2.75) is 52.7 Å². The van der Waals surface area contributed by atoms with Crippen LogP contribution < -0.4 is 0 Å². The third kappa shape index (κ3) is 17.9. The van der Waals surface area contributed by atoms with E-state index in [9.17, 15) is 0 Å². The topological polar surface area (TPSA) is 18.5 Å². The Hall–Kier alpha value is -0.643. The Bertz CT molecular complexity index is 201. The molecule has 0 rings (SSSR count). The Labute approximate surface area is 109 Å². The van der Waals surface area contributed by atoms with E-state index < -0.39 is 8.80 Å². The van der Waals surface area contributed by atoms with Crippen molar-refractivity contribution in [1.82, 2.24) is 0 Å². The second kappa shape index (κ2) is 8.45. The largest absolute Gasteiger partial charge is 0.230 e. The molecule has 0 unspecified atom stereocenters. The number of hydrogen-bond acceptors (Lipinski definition) is 2. The van der Waals surface area contributed by atoms with Crippen molar-refractivity contribution in [3.63, 3.8) is 0 Å². The van der Waals surface area contributed by atoms with Crippen molar-refractivity contribution in [2.24, 2.45) is 0 Å². The first-order valence-electron chi connectivity index (χ1n) is 5.80. The zero-order valence-corrected chi connectivity index (χ0v) is 13.4. The zero-order chi connectivity index (χ0) is 14.1. The van der Waals surface area contributed by atoms with Crippen molar-refractivity contribution < 1.29 is 9.78 Å². The Morgan fingerprint density at radius 3 is 1.00 bits per heavy atom. The highest BCUT2D eigenvalue weighted by atomic mass is 28.3. The first kappa shape index (κ1) is 18.7. The molecule has 3 heteroatoms. The summed E-state index contributed by atoms with van der Waals surface area (Å²) in [5, 5.41) is 0. The molecule has 0 N–H and O–H groups in total.